The van der Waals surface area contributed by atoms with Gasteiger partial charge in [-0.25, -0.2) is 13.2 Å². The van der Waals surface area contributed by atoms with E-state index in [9.17, 15) is 13.2 Å². The van der Waals surface area contributed by atoms with Crippen molar-refractivity contribution in [3.8, 4) is 5.75 Å². The van der Waals surface area contributed by atoms with Gasteiger partial charge in [0.25, 0.3) is 0 Å². The molecule has 27 heavy (non-hydrogen) atoms. The van der Waals surface area contributed by atoms with Crippen molar-refractivity contribution in [2.24, 2.45) is 0 Å². The van der Waals surface area contributed by atoms with Gasteiger partial charge < -0.3 is 4.74 Å². The second-order valence-electron chi connectivity index (χ2n) is 6.32. The minimum Gasteiger partial charge on any atom is -0.494 e. The lowest BCUT2D eigenvalue weighted by Gasteiger charge is -2.09. The average molecular weight is 370 g/mol. The molecule has 0 aliphatic heterocycles. The van der Waals surface area contributed by atoms with Gasteiger partial charge in [-0.1, -0.05) is 37.6 Å². The lowest BCUT2D eigenvalue weighted by atomic mass is 10.00. The van der Waals surface area contributed by atoms with Crippen molar-refractivity contribution in [3.05, 3.63) is 77.1 Å². The predicted octanol–water partition coefficient (Wildman–Crippen LogP) is 7.09. The molecular formula is C23H21F3O. The minimum absolute atomic E-state index is 0.0359. The summed E-state index contributed by atoms with van der Waals surface area (Å²) in [5.41, 5.74) is 0.750. The van der Waals surface area contributed by atoms with Crippen LogP contribution in [0.5, 0.6) is 5.75 Å². The van der Waals surface area contributed by atoms with Crippen LogP contribution in [-0.4, -0.2) is 6.61 Å². The summed E-state index contributed by atoms with van der Waals surface area (Å²) >= 11 is 0. The Morgan fingerprint density at radius 1 is 0.889 bits per heavy atom. The maximum atomic E-state index is 14.8. The van der Waals surface area contributed by atoms with Crippen LogP contribution in [0.4, 0.5) is 13.2 Å². The van der Waals surface area contributed by atoms with Gasteiger partial charge in [0.1, 0.15) is 11.6 Å². The Balaban J connectivity index is 2.00. The number of fused-ring (bicyclic) bond motifs is 1. The summed E-state index contributed by atoms with van der Waals surface area (Å²) < 4.78 is 49.4. The SMILES string of the molecule is CCCc1ccc2c(F)c(C(F)=C(F)c3ccc(OCC)cc3)ccc2c1. The largest absolute Gasteiger partial charge is 0.494 e. The van der Waals surface area contributed by atoms with Gasteiger partial charge in [0.15, 0.2) is 11.7 Å². The van der Waals surface area contributed by atoms with Crippen molar-refractivity contribution >= 4 is 22.4 Å². The van der Waals surface area contributed by atoms with E-state index in [1.165, 1.54) is 18.2 Å². The lowest BCUT2D eigenvalue weighted by molar-refractivity contribution is 0.340. The minimum atomic E-state index is -1.21. The molecule has 0 saturated carbocycles. The zero-order valence-corrected chi connectivity index (χ0v) is 15.4. The van der Waals surface area contributed by atoms with Gasteiger partial charge in [-0.15, -0.1) is 0 Å². The van der Waals surface area contributed by atoms with E-state index in [4.69, 9.17) is 4.74 Å². The third-order valence-electron chi connectivity index (χ3n) is 4.41. The molecule has 0 aliphatic carbocycles. The van der Waals surface area contributed by atoms with E-state index in [2.05, 4.69) is 6.92 Å². The Morgan fingerprint density at radius 2 is 1.63 bits per heavy atom. The van der Waals surface area contributed by atoms with E-state index in [-0.39, 0.29) is 16.5 Å². The first kappa shape index (κ1) is 19.0. The van der Waals surface area contributed by atoms with Crippen molar-refractivity contribution in [2.75, 3.05) is 6.61 Å². The fourth-order valence-corrected chi connectivity index (χ4v) is 3.06. The lowest BCUT2D eigenvalue weighted by Crippen LogP contribution is -1.93. The van der Waals surface area contributed by atoms with Crippen LogP contribution in [-0.2, 0) is 6.42 Å². The van der Waals surface area contributed by atoms with Crippen LogP contribution >= 0.6 is 0 Å². The number of halogens is 3. The quantitative estimate of drug-likeness (QED) is 0.421. The normalized spacial score (nSPS) is 12.2. The Bertz CT molecular complexity index is 975. The van der Waals surface area contributed by atoms with E-state index in [1.807, 2.05) is 19.1 Å². The number of hydrogen-bond donors (Lipinski definition) is 0. The van der Waals surface area contributed by atoms with E-state index in [1.54, 1.807) is 24.3 Å². The van der Waals surface area contributed by atoms with Crippen LogP contribution < -0.4 is 4.74 Å². The Kier molecular flexibility index (Phi) is 5.84. The van der Waals surface area contributed by atoms with Gasteiger partial charge in [0.2, 0.25) is 0 Å². The summed E-state index contributed by atoms with van der Waals surface area (Å²) in [5.74, 6) is -2.50. The molecule has 0 aromatic heterocycles. The van der Waals surface area contributed by atoms with Crippen LogP contribution in [0.15, 0.2) is 54.6 Å². The number of hydrogen-bond acceptors (Lipinski definition) is 1. The molecule has 0 spiro atoms. The molecule has 0 N–H and O–H groups in total. The van der Waals surface area contributed by atoms with Crippen LogP contribution in [0.1, 0.15) is 37.0 Å². The summed E-state index contributed by atoms with van der Waals surface area (Å²) in [6, 6.07) is 14.2. The average Bonchev–Trinajstić information content (AvgIpc) is 2.68. The highest BCUT2D eigenvalue weighted by atomic mass is 19.2. The number of aryl methyl sites for hydroxylation is 1. The molecule has 3 aromatic carbocycles. The van der Waals surface area contributed by atoms with Gasteiger partial charge in [-0.05, 0) is 54.6 Å². The van der Waals surface area contributed by atoms with Crippen LogP contribution in [0.3, 0.4) is 0 Å². The van der Waals surface area contributed by atoms with Crippen LogP contribution in [0.25, 0.3) is 22.4 Å². The fraction of sp³-hybridized carbons (Fsp3) is 0.217. The highest BCUT2D eigenvalue weighted by Crippen LogP contribution is 2.34. The van der Waals surface area contributed by atoms with Crippen molar-refractivity contribution in [2.45, 2.75) is 26.7 Å². The molecule has 0 aliphatic rings. The first-order valence-corrected chi connectivity index (χ1v) is 9.05. The highest BCUT2D eigenvalue weighted by molar-refractivity contribution is 5.91. The van der Waals surface area contributed by atoms with Gasteiger partial charge in [0, 0.05) is 16.5 Å². The van der Waals surface area contributed by atoms with E-state index in [0.717, 1.165) is 18.4 Å². The maximum absolute atomic E-state index is 14.8. The fourth-order valence-electron chi connectivity index (χ4n) is 3.06. The highest BCUT2D eigenvalue weighted by Gasteiger charge is 2.17. The van der Waals surface area contributed by atoms with Gasteiger partial charge in [-0.2, -0.15) is 0 Å². The second kappa shape index (κ2) is 8.30. The predicted molar refractivity (Wildman–Crippen MR) is 105 cm³/mol. The maximum Gasteiger partial charge on any atom is 0.169 e. The van der Waals surface area contributed by atoms with Crippen molar-refractivity contribution in [1.29, 1.82) is 0 Å². The Hall–Kier alpha value is -2.75. The summed E-state index contributed by atoms with van der Waals surface area (Å²) in [6.45, 7) is 4.38. The first-order chi connectivity index (χ1) is 13.0. The molecule has 0 amide bonds. The molecule has 3 aromatic rings. The van der Waals surface area contributed by atoms with E-state index < -0.39 is 17.5 Å². The number of ether oxygens (including phenoxy) is 1. The van der Waals surface area contributed by atoms with Crippen molar-refractivity contribution < 1.29 is 17.9 Å². The Morgan fingerprint density at radius 3 is 2.30 bits per heavy atom. The zero-order chi connectivity index (χ0) is 19.4. The summed E-state index contributed by atoms with van der Waals surface area (Å²) in [6.07, 6.45) is 1.87. The molecule has 0 fully saturated rings. The number of rotatable bonds is 6. The summed E-state index contributed by atoms with van der Waals surface area (Å²) in [4.78, 5) is 0. The molecular weight excluding hydrogens is 349 g/mol. The van der Waals surface area contributed by atoms with Gasteiger partial charge in [0.05, 0.1) is 6.61 Å². The topological polar surface area (TPSA) is 9.23 Å². The van der Waals surface area contributed by atoms with E-state index >= 15 is 0 Å². The monoisotopic (exact) mass is 370 g/mol. The molecule has 3 rings (SSSR count). The van der Waals surface area contributed by atoms with E-state index in [0.29, 0.717) is 17.7 Å². The molecule has 0 heterocycles. The molecule has 140 valence electrons. The molecule has 0 radical (unpaired) electrons. The van der Waals surface area contributed by atoms with Crippen molar-refractivity contribution in [1.82, 2.24) is 0 Å². The standard InChI is InChI=1S/C23H21F3O/c1-3-5-15-6-12-19-17(14-15)9-13-20(22(19)25)23(26)21(24)16-7-10-18(11-8-16)27-4-2/h6-14H,3-5H2,1-2H3. The molecule has 0 bridgehead atoms. The summed E-state index contributed by atoms with van der Waals surface area (Å²) in [5, 5.41) is 0.957. The third-order valence-corrected chi connectivity index (χ3v) is 4.41. The smallest absolute Gasteiger partial charge is 0.169 e. The second-order valence-corrected chi connectivity index (χ2v) is 6.32. The molecule has 0 saturated heterocycles. The Labute approximate surface area is 157 Å². The molecule has 0 atom stereocenters. The zero-order valence-electron chi connectivity index (χ0n) is 15.4. The molecule has 1 nitrogen and oxygen atoms in total. The van der Waals surface area contributed by atoms with Crippen LogP contribution in [0, 0.1) is 5.82 Å². The first-order valence-electron chi connectivity index (χ1n) is 9.05. The molecule has 0 unspecified atom stereocenters. The third kappa shape index (κ3) is 4.00. The summed E-state index contributed by atoms with van der Waals surface area (Å²) in [7, 11) is 0. The van der Waals surface area contributed by atoms with Gasteiger partial charge in [-0.3, -0.25) is 0 Å². The van der Waals surface area contributed by atoms with Crippen molar-refractivity contribution in [3.63, 3.8) is 0 Å². The number of benzene rings is 3. The van der Waals surface area contributed by atoms with Gasteiger partial charge >= 0.3 is 0 Å². The molecule has 4 heteroatoms. The van der Waals surface area contributed by atoms with Crippen LogP contribution in [0.2, 0.25) is 0 Å².